The highest BCUT2D eigenvalue weighted by atomic mass is 16.5. The van der Waals surface area contributed by atoms with E-state index in [1.807, 2.05) is 42.5 Å². The van der Waals surface area contributed by atoms with Gasteiger partial charge < -0.3 is 15.5 Å². The van der Waals surface area contributed by atoms with Crippen LogP contribution in [0.25, 0.3) is 0 Å². The molecular weight excluding hydrogens is 202 g/mol. The van der Waals surface area contributed by atoms with Crippen LogP contribution in [0.2, 0.25) is 0 Å². The zero-order chi connectivity index (χ0) is 11.4. The first-order valence-corrected chi connectivity index (χ1v) is 5.04. The minimum Gasteiger partial charge on any atom is -0.364 e. The highest BCUT2D eigenvalue weighted by molar-refractivity contribution is 5.63. The van der Waals surface area contributed by atoms with Gasteiger partial charge in [0.2, 0.25) is 0 Å². The number of anilines is 2. The van der Waals surface area contributed by atoms with E-state index in [9.17, 15) is 10.2 Å². The van der Waals surface area contributed by atoms with Gasteiger partial charge in [-0.15, -0.1) is 0 Å². The summed E-state index contributed by atoms with van der Waals surface area (Å²) in [6.45, 7) is 0. The van der Waals surface area contributed by atoms with E-state index < -0.39 is 6.29 Å². The second-order valence-corrected chi connectivity index (χ2v) is 3.45. The Hall–Kier alpha value is -1.84. The number of benzene rings is 2. The summed E-state index contributed by atoms with van der Waals surface area (Å²) >= 11 is 0. The molecule has 0 saturated heterocycles. The van der Waals surface area contributed by atoms with Crippen LogP contribution in [0.1, 0.15) is 11.9 Å². The summed E-state index contributed by atoms with van der Waals surface area (Å²) in [5.41, 5.74) is 2.07. The molecule has 0 radical (unpaired) electrons. The SMILES string of the molecule is OC(O)c1ccccc1Nc1ccccc1. The molecular formula is C13H13NO2. The van der Waals surface area contributed by atoms with Crippen molar-refractivity contribution in [2.75, 3.05) is 5.32 Å². The zero-order valence-electron chi connectivity index (χ0n) is 8.67. The van der Waals surface area contributed by atoms with Crippen molar-refractivity contribution < 1.29 is 10.2 Å². The molecule has 0 atom stereocenters. The Morgan fingerprint density at radius 2 is 1.44 bits per heavy atom. The van der Waals surface area contributed by atoms with Crippen molar-refractivity contribution in [1.82, 2.24) is 0 Å². The van der Waals surface area contributed by atoms with Crippen LogP contribution in [0.3, 0.4) is 0 Å². The molecule has 3 heteroatoms. The number of nitrogens with one attached hydrogen (secondary N) is 1. The van der Waals surface area contributed by atoms with Crippen molar-refractivity contribution >= 4 is 11.4 Å². The van der Waals surface area contributed by atoms with Gasteiger partial charge in [-0.05, 0) is 18.2 Å². The van der Waals surface area contributed by atoms with E-state index in [0.717, 1.165) is 5.69 Å². The van der Waals surface area contributed by atoms with Gasteiger partial charge in [0.15, 0.2) is 6.29 Å². The Kier molecular flexibility index (Phi) is 3.19. The summed E-state index contributed by atoms with van der Waals surface area (Å²) in [5, 5.41) is 21.5. The fraction of sp³-hybridized carbons (Fsp3) is 0.0769. The first kappa shape index (κ1) is 10.7. The molecule has 82 valence electrons. The van der Waals surface area contributed by atoms with E-state index in [2.05, 4.69) is 5.32 Å². The molecule has 2 aromatic carbocycles. The first-order valence-electron chi connectivity index (χ1n) is 5.04. The second kappa shape index (κ2) is 4.79. The van der Waals surface area contributed by atoms with Gasteiger partial charge in [-0.1, -0.05) is 36.4 Å². The predicted molar refractivity (Wildman–Crippen MR) is 63.3 cm³/mol. The summed E-state index contributed by atoms with van der Waals surface area (Å²) < 4.78 is 0. The Labute approximate surface area is 94.0 Å². The van der Waals surface area contributed by atoms with Gasteiger partial charge in [0.25, 0.3) is 0 Å². The first-order chi connectivity index (χ1) is 7.77. The average Bonchev–Trinajstić information content (AvgIpc) is 2.31. The maximum atomic E-state index is 9.20. The van der Waals surface area contributed by atoms with E-state index in [1.54, 1.807) is 12.1 Å². The van der Waals surface area contributed by atoms with E-state index >= 15 is 0 Å². The number of hydrogen-bond acceptors (Lipinski definition) is 3. The van der Waals surface area contributed by atoms with Crippen LogP contribution in [0.4, 0.5) is 11.4 Å². The van der Waals surface area contributed by atoms with E-state index in [0.29, 0.717) is 11.3 Å². The highest BCUT2D eigenvalue weighted by Crippen LogP contribution is 2.24. The van der Waals surface area contributed by atoms with Gasteiger partial charge in [-0.3, -0.25) is 0 Å². The minimum atomic E-state index is -1.47. The molecule has 0 fully saturated rings. The van der Waals surface area contributed by atoms with Crippen molar-refractivity contribution in [3.63, 3.8) is 0 Å². The lowest BCUT2D eigenvalue weighted by Gasteiger charge is -2.12. The number of aliphatic hydroxyl groups is 2. The van der Waals surface area contributed by atoms with Crippen LogP contribution >= 0.6 is 0 Å². The molecule has 0 aromatic heterocycles. The van der Waals surface area contributed by atoms with Crippen LogP contribution in [-0.4, -0.2) is 10.2 Å². The largest absolute Gasteiger partial charge is 0.364 e. The standard InChI is InChI=1S/C13H13NO2/c15-13(16)11-8-4-5-9-12(11)14-10-6-2-1-3-7-10/h1-9,13-16H. The van der Waals surface area contributed by atoms with Crippen molar-refractivity contribution in [2.45, 2.75) is 6.29 Å². The third-order valence-electron chi connectivity index (χ3n) is 2.29. The molecule has 0 aliphatic heterocycles. The Bertz CT molecular complexity index is 454. The number of hydrogen-bond donors (Lipinski definition) is 3. The van der Waals surface area contributed by atoms with Gasteiger partial charge in [-0.2, -0.15) is 0 Å². The van der Waals surface area contributed by atoms with Crippen LogP contribution in [0, 0.1) is 0 Å². The van der Waals surface area contributed by atoms with Crippen molar-refractivity contribution in [3.05, 3.63) is 60.2 Å². The molecule has 2 rings (SSSR count). The Morgan fingerprint density at radius 1 is 0.812 bits per heavy atom. The third-order valence-corrected chi connectivity index (χ3v) is 2.29. The molecule has 0 amide bonds. The zero-order valence-corrected chi connectivity index (χ0v) is 8.67. The molecule has 2 aromatic rings. The molecule has 3 N–H and O–H groups in total. The number of aliphatic hydroxyl groups excluding tert-OH is 1. The van der Waals surface area contributed by atoms with Crippen molar-refractivity contribution in [2.24, 2.45) is 0 Å². The Morgan fingerprint density at radius 3 is 2.12 bits per heavy atom. The second-order valence-electron chi connectivity index (χ2n) is 3.45. The molecule has 0 heterocycles. The molecule has 0 bridgehead atoms. The predicted octanol–water partition coefficient (Wildman–Crippen LogP) is 2.41. The van der Waals surface area contributed by atoms with E-state index in [1.165, 1.54) is 0 Å². The van der Waals surface area contributed by atoms with Crippen LogP contribution in [0.15, 0.2) is 54.6 Å². The van der Waals surface area contributed by atoms with Gasteiger partial charge in [0.05, 0.1) is 0 Å². The van der Waals surface area contributed by atoms with Crippen LogP contribution in [0.5, 0.6) is 0 Å². The van der Waals surface area contributed by atoms with Gasteiger partial charge in [0, 0.05) is 16.9 Å². The van der Waals surface area contributed by atoms with Gasteiger partial charge >= 0.3 is 0 Å². The lowest BCUT2D eigenvalue weighted by molar-refractivity contribution is -0.0418. The van der Waals surface area contributed by atoms with Crippen LogP contribution < -0.4 is 5.32 Å². The molecule has 0 aliphatic rings. The van der Waals surface area contributed by atoms with E-state index in [-0.39, 0.29) is 0 Å². The monoisotopic (exact) mass is 215 g/mol. The fourth-order valence-corrected chi connectivity index (χ4v) is 1.51. The molecule has 0 aliphatic carbocycles. The smallest absolute Gasteiger partial charge is 0.180 e. The summed E-state index contributed by atoms with van der Waals surface area (Å²) in [5.74, 6) is 0. The lowest BCUT2D eigenvalue weighted by atomic mass is 10.1. The van der Waals surface area contributed by atoms with Gasteiger partial charge in [0.1, 0.15) is 0 Å². The lowest BCUT2D eigenvalue weighted by Crippen LogP contribution is -2.00. The highest BCUT2D eigenvalue weighted by Gasteiger charge is 2.07. The van der Waals surface area contributed by atoms with Crippen molar-refractivity contribution in [3.8, 4) is 0 Å². The van der Waals surface area contributed by atoms with E-state index in [4.69, 9.17) is 0 Å². The molecule has 0 saturated carbocycles. The molecule has 0 spiro atoms. The average molecular weight is 215 g/mol. The Balaban J connectivity index is 2.28. The summed E-state index contributed by atoms with van der Waals surface area (Å²) in [6, 6.07) is 16.7. The number of para-hydroxylation sites is 2. The number of rotatable bonds is 3. The summed E-state index contributed by atoms with van der Waals surface area (Å²) in [4.78, 5) is 0. The van der Waals surface area contributed by atoms with Crippen LogP contribution in [-0.2, 0) is 0 Å². The maximum absolute atomic E-state index is 9.20. The normalized spacial score (nSPS) is 10.4. The molecule has 16 heavy (non-hydrogen) atoms. The molecule has 3 nitrogen and oxygen atoms in total. The van der Waals surface area contributed by atoms with Crippen molar-refractivity contribution in [1.29, 1.82) is 0 Å². The molecule has 0 unspecified atom stereocenters. The maximum Gasteiger partial charge on any atom is 0.180 e. The summed E-state index contributed by atoms with van der Waals surface area (Å²) in [6.07, 6.45) is -1.47. The van der Waals surface area contributed by atoms with Gasteiger partial charge in [-0.25, -0.2) is 0 Å². The minimum absolute atomic E-state index is 0.464. The summed E-state index contributed by atoms with van der Waals surface area (Å²) in [7, 11) is 0. The third kappa shape index (κ3) is 2.39. The topological polar surface area (TPSA) is 52.5 Å². The quantitative estimate of drug-likeness (QED) is 0.689. The fourth-order valence-electron chi connectivity index (χ4n) is 1.51.